The number of nitrogens with one attached hydrogen (secondary N) is 1. The van der Waals surface area contributed by atoms with Gasteiger partial charge in [0.2, 0.25) is 5.55 Å². The Bertz CT molecular complexity index is 1170. The van der Waals surface area contributed by atoms with E-state index in [1.165, 1.54) is 5.56 Å². The van der Waals surface area contributed by atoms with Gasteiger partial charge in [-0.05, 0) is 48.4 Å². The van der Waals surface area contributed by atoms with Crippen LogP contribution in [0, 0.1) is 0 Å². The molecule has 5 heteroatoms. The molecule has 0 fully saturated rings. The molecule has 4 rings (SSSR count). The molecule has 2 aromatic carbocycles. The molecule has 4 aromatic rings. The number of furan rings is 1. The maximum Gasteiger partial charge on any atom is 0.257 e. The van der Waals surface area contributed by atoms with Crippen LogP contribution in [0.25, 0.3) is 11.0 Å². The van der Waals surface area contributed by atoms with E-state index in [1.807, 2.05) is 54.6 Å². The first-order valence-corrected chi connectivity index (χ1v) is 9.20. The van der Waals surface area contributed by atoms with E-state index >= 15 is 0 Å². The Hall–Kier alpha value is -3.60. The number of rotatable bonds is 5. The van der Waals surface area contributed by atoms with Crippen LogP contribution in [0.15, 0.2) is 86.8 Å². The van der Waals surface area contributed by atoms with Gasteiger partial charge in [-0.1, -0.05) is 37.3 Å². The summed E-state index contributed by atoms with van der Waals surface area (Å²) in [6, 6.07) is 20.9. The SMILES string of the molecule is CCc1cccc(N=c2oc3ccccc3cc2C(=O)NCc2ccco2)c1. The van der Waals surface area contributed by atoms with E-state index in [2.05, 4.69) is 17.2 Å². The normalized spacial score (nSPS) is 11.7. The van der Waals surface area contributed by atoms with Crippen molar-refractivity contribution in [2.45, 2.75) is 19.9 Å². The lowest BCUT2D eigenvalue weighted by Gasteiger charge is -2.06. The smallest absolute Gasteiger partial charge is 0.257 e. The zero-order valence-corrected chi connectivity index (χ0v) is 15.5. The molecule has 28 heavy (non-hydrogen) atoms. The maximum absolute atomic E-state index is 12.8. The Morgan fingerprint density at radius 1 is 1.04 bits per heavy atom. The Morgan fingerprint density at radius 3 is 2.75 bits per heavy atom. The molecule has 140 valence electrons. The minimum atomic E-state index is -0.267. The highest BCUT2D eigenvalue weighted by atomic mass is 16.3. The van der Waals surface area contributed by atoms with E-state index in [1.54, 1.807) is 18.4 Å². The van der Waals surface area contributed by atoms with Gasteiger partial charge in [-0.25, -0.2) is 4.99 Å². The minimum Gasteiger partial charge on any atom is -0.467 e. The highest BCUT2D eigenvalue weighted by molar-refractivity contribution is 5.96. The molecule has 0 radical (unpaired) electrons. The highest BCUT2D eigenvalue weighted by Gasteiger charge is 2.13. The van der Waals surface area contributed by atoms with Crippen molar-refractivity contribution in [1.82, 2.24) is 5.32 Å². The monoisotopic (exact) mass is 372 g/mol. The van der Waals surface area contributed by atoms with Gasteiger partial charge >= 0.3 is 0 Å². The molecule has 1 amide bonds. The summed E-state index contributed by atoms with van der Waals surface area (Å²) in [6.07, 6.45) is 2.49. The summed E-state index contributed by atoms with van der Waals surface area (Å²) in [6.45, 7) is 2.39. The van der Waals surface area contributed by atoms with Crippen LogP contribution in [-0.2, 0) is 13.0 Å². The highest BCUT2D eigenvalue weighted by Crippen LogP contribution is 2.17. The molecule has 0 aliphatic carbocycles. The fraction of sp³-hybridized carbons (Fsp3) is 0.130. The Morgan fingerprint density at radius 2 is 1.93 bits per heavy atom. The molecule has 0 aliphatic heterocycles. The van der Waals surface area contributed by atoms with Crippen LogP contribution in [0.4, 0.5) is 5.69 Å². The summed E-state index contributed by atoms with van der Waals surface area (Å²) in [5, 5.41) is 3.70. The van der Waals surface area contributed by atoms with E-state index in [9.17, 15) is 4.79 Å². The van der Waals surface area contributed by atoms with Crippen molar-refractivity contribution in [3.8, 4) is 0 Å². The molecule has 0 unspecified atom stereocenters. The standard InChI is InChI=1S/C23H20N2O3/c1-2-16-7-5-9-18(13-16)25-23-20(14-17-8-3-4-11-21(17)28-23)22(26)24-15-19-10-6-12-27-19/h3-14H,2,15H2,1H3,(H,24,26). The third-order valence-corrected chi connectivity index (χ3v) is 4.45. The van der Waals surface area contributed by atoms with Crippen molar-refractivity contribution in [3.05, 3.63) is 95.4 Å². The second-order valence-electron chi connectivity index (χ2n) is 6.40. The van der Waals surface area contributed by atoms with Gasteiger partial charge < -0.3 is 14.2 Å². The zero-order valence-electron chi connectivity index (χ0n) is 15.5. The first-order valence-electron chi connectivity index (χ1n) is 9.20. The van der Waals surface area contributed by atoms with Crippen LogP contribution in [0.3, 0.4) is 0 Å². The van der Waals surface area contributed by atoms with Crippen LogP contribution in [0.1, 0.15) is 28.6 Å². The maximum atomic E-state index is 12.8. The van der Waals surface area contributed by atoms with Crippen LogP contribution in [0.5, 0.6) is 0 Å². The third kappa shape index (κ3) is 3.88. The second kappa shape index (κ2) is 7.96. The average molecular weight is 372 g/mol. The Balaban J connectivity index is 1.77. The van der Waals surface area contributed by atoms with Gasteiger partial charge in [0.1, 0.15) is 16.9 Å². The lowest BCUT2D eigenvalue weighted by atomic mass is 10.1. The third-order valence-electron chi connectivity index (χ3n) is 4.45. The van der Waals surface area contributed by atoms with Crippen molar-refractivity contribution >= 4 is 22.6 Å². The van der Waals surface area contributed by atoms with Crippen molar-refractivity contribution in [3.63, 3.8) is 0 Å². The van der Waals surface area contributed by atoms with Gasteiger partial charge in [-0.15, -0.1) is 0 Å². The van der Waals surface area contributed by atoms with E-state index in [-0.39, 0.29) is 11.5 Å². The van der Waals surface area contributed by atoms with Gasteiger partial charge in [0.25, 0.3) is 5.91 Å². The molecule has 0 saturated carbocycles. The van der Waals surface area contributed by atoms with E-state index in [4.69, 9.17) is 8.83 Å². The van der Waals surface area contributed by atoms with Crippen molar-refractivity contribution in [1.29, 1.82) is 0 Å². The number of hydrogen-bond donors (Lipinski definition) is 1. The lowest BCUT2D eigenvalue weighted by molar-refractivity contribution is 0.0944. The van der Waals surface area contributed by atoms with Crippen LogP contribution < -0.4 is 10.9 Å². The molecular weight excluding hydrogens is 352 g/mol. The predicted octanol–water partition coefficient (Wildman–Crippen LogP) is 4.75. The predicted molar refractivity (Wildman–Crippen MR) is 107 cm³/mol. The average Bonchev–Trinajstić information content (AvgIpc) is 3.25. The van der Waals surface area contributed by atoms with Crippen molar-refractivity contribution < 1.29 is 13.6 Å². The molecule has 5 nitrogen and oxygen atoms in total. The number of nitrogens with zero attached hydrogens (tertiary/aromatic N) is 1. The number of carbonyl (C=O) groups excluding carboxylic acids is 1. The Labute approximate surface area is 162 Å². The number of para-hydroxylation sites is 1. The number of carbonyl (C=O) groups is 1. The van der Waals surface area contributed by atoms with Crippen LogP contribution >= 0.6 is 0 Å². The number of fused-ring (bicyclic) bond motifs is 1. The molecular formula is C23H20N2O3. The number of benzene rings is 2. The van der Waals surface area contributed by atoms with Gasteiger partial charge in [0.15, 0.2) is 0 Å². The van der Waals surface area contributed by atoms with E-state index in [0.29, 0.717) is 23.5 Å². The fourth-order valence-electron chi connectivity index (χ4n) is 2.95. The molecule has 2 aromatic heterocycles. The van der Waals surface area contributed by atoms with Crippen molar-refractivity contribution in [2.24, 2.45) is 4.99 Å². The topological polar surface area (TPSA) is 67.7 Å². The summed E-state index contributed by atoms with van der Waals surface area (Å²) >= 11 is 0. The molecule has 0 atom stereocenters. The first-order chi connectivity index (χ1) is 13.7. The van der Waals surface area contributed by atoms with E-state index in [0.717, 1.165) is 17.5 Å². The quantitative estimate of drug-likeness (QED) is 0.550. The summed E-state index contributed by atoms with van der Waals surface area (Å²) in [4.78, 5) is 17.5. The summed E-state index contributed by atoms with van der Waals surface area (Å²) in [5.41, 5.74) is 3.26. The molecule has 2 heterocycles. The van der Waals surface area contributed by atoms with Gasteiger partial charge in [-0.2, -0.15) is 0 Å². The Kier molecular flexibility index (Phi) is 5.06. The first kappa shape index (κ1) is 17.8. The summed E-state index contributed by atoms with van der Waals surface area (Å²) in [5.74, 6) is 0.413. The van der Waals surface area contributed by atoms with Crippen LogP contribution in [-0.4, -0.2) is 5.91 Å². The van der Waals surface area contributed by atoms with Crippen LogP contribution in [0.2, 0.25) is 0 Å². The van der Waals surface area contributed by atoms with Gasteiger partial charge in [-0.3, -0.25) is 4.79 Å². The number of amides is 1. The summed E-state index contributed by atoms with van der Waals surface area (Å²) in [7, 11) is 0. The minimum absolute atomic E-state index is 0.267. The van der Waals surface area contributed by atoms with E-state index < -0.39 is 0 Å². The molecule has 1 N–H and O–H groups in total. The van der Waals surface area contributed by atoms with Gasteiger partial charge in [0.05, 0.1) is 18.5 Å². The molecule has 0 saturated heterocycles. The largest absolute Gasteiger partial charge is 0.467 e. The lowest BCUT2D eigenvalue weighted by Crippen LogP contribution is -2.28. The molecule has 0 spiro atoms. The summed E-state index contributed by atoms with van der Waals surface area (Å²) < 4.78 is 11.3. The van der Waals surface area contributed by atoms with Gasteiger partial charge in [0, 0.05) is 5.39 Å². The molecule has 0 bridgehead atoms. The van der Waals surface area contributed by atoms with Crippen molar-refractivity contribution in [2.75, 3.05) is 0 Å². The molecule has 0 aliphatic rings. The zero-order chi connectivity index (χ0) is 19.3. The fourth-order valence-corrected chi connectivity index (χ4v) is 2.95. The number of aryl methyl sites for hydroxylation is 1. The second-order valence-corrected chi connectivity index (χ2v) is 6.40. The number of hydrogen-bond acceptors (Lipinski definition) is 4.